The van der Waals surface area contributed by atoms with Crippen molar-refractivity contribution in [2.75, 3.05) is 6.61 Å². The Balaban J connectivity index is 1.89. The largest absolute Gasteiger partial charge is 0.462 e. The van der Waals surface area contributed by atoms with Gasteiger partial charge in [-0.1, -0.05) is 36.4 Å². The fraction of sp³-hybridized carbons (Fsp3) is 0.200. The van der Waals surface area contributed by atoms with Crippen molar-refractivity contribution in [3.05, 3.63) is 82.9 Å². The molecule has 0 fully saturated rings. The van der Waals surface area contributed by atoms with E-state index in [0.717, 1.165) is 24.3 Å². The third-order valence-electron chi connectivity index (χ3n) is 5.13. The van der Waals surface area contributed by atoms with Crippen LogP contribution in [0.5, 0.6) is 0 Å². The molecule has 0 aliphatic carbocycles. The van der Waals surface area contributed by atoms with Crippen molar-refractivity contribution in [1.82, 2.24) is 0 Å². The highest BCUT2D eigenvalue weighted by atomic mass is 19.4. The maximum Gasteiger partial charge on any atom is 0.425 e. The second kappa shape index (κ2) is 10.4. The van der Waals surface area contributed by atoms with Crippen molar-refractivity contribution in [1.29, 1.82) is 0 Å². The molecule has 0 aliphatic rings. The highest BCUT2D eigenvalue weighted by Crippen LogP contribution is 2.32. The Bertz CT molecular complexity index is 1300. The molecule has 36 heavy (non-hydrogen) atoms. The van der Waals surface area contributed by atoms with Crippen LogP contribution in [0.3, 0.4) is 0 Å². The molecule has 0 radical (unpaired) electrons. The number of ether oxygens (including phenoxy) is 2. The predicted molar refractivity (Wildman–Crippen MR) is 114 cm³/mol. The smallest absolute Gasteiger partial charge is 0.425 e. The average molecular weight is 514 g/mol. The summed E-state index contributed by atoms with van der Waals surface area (Å²) in [6, 6.07) is 9.02. The van der Waals surface area contributed by atoms with Gasteiger partial charge in [-0.25, -0.2) is 27.2 Å². The maximum atomic E-state index is 14.6. The summed E-state index contributed by atoms with van der Waals surface area (Å²) in [6.07, 6.45) is -7.41. The normalized spacial score (nSPS) is 12.2. The van der Waals surface area contributed by atoms with Crippen LogP contribution < -0.4 is 0 Å². The number of esters is 2. The molecule has 1 atom stereocenters. The second-order valence-corrected chi connectivity index (χ2v) is 7.46. The number of carbonyl (C=O) groups excluding carboxylic acids is 2. The SMILES string of the molecule is CCOC(=O)c1ccc(-c2ccc(-c3ccc(C(=O)O[C@@H](C)C(F)(F)F)c(F)c3F)cc2)c(F)c1F. The zero-order valence-electron chi connectivity index (χ0n) is 18.7. The maximum absolute atomic E-state index is 14.6. The third kappa shape index (κ3) is 5.34. The van der Waals surface area contributed by atoms with Crippen molar-refractivity contribution < 1.29 is 49.8 Å². The molecule has 0 aromatic heterocycles. The van der Waals surface area contributed by atoms with Gasteiger partial charge in [0.05, 0.1) is 17.7 Å². The van der Waals surface area contributed by atoms with Crippen molar-refractivity contribution in [2.45, 2.75) is 26.1 Å². The molecule has 0 amide bonds. The lowest BCUT2D eigenvalue weighted by atomic mass is 9.97. The van der Waals surface area contributed by atoms with Crippen LogP contribution in [0.1, 0.15) is 34.6 Å². The van der Waals surface area contributed by atoms with E-state index < -0.39 is 58.6 Å². The van der Waals surface area contributed by atoms with Gasteiger partial charge in [0.2, 0.25) is 0 Å². The van der Waals surface area contributed by atoms with Crippen molar-refractivity contribution in [3.63, 3.8) is 0 Å². The van der Waals surface area contributed by atoms with Gasteiger partial charge in [-0.05, 0) is 37.1 Å². The molecule has 11 heteroatoms. The highest BCUT2D eigenvalue weighted by Gasteiger charge is 2.39. The molecule has 0 N–H and O–H groups in total. The monoisotopic (exact) mass is 514 g/mol. The van der Waals surface area contributed by atoms with E-state index in [1.54, 1.807) is 0 Å². The third-order valence-corrected chi connectivity index (χ3v) is 5.13. The van der Waals surface area contributed by atoms with Gasteiger partial charge in [0.15, 0.2) is 29.4 Å². The summed E-state index contributed by atoms with van der Waals surface area (Å²) in [5.74, 6) is -8.69. The second-order valence-electron chi connectivity index (χ2n) is 7.46. The molecule has 0 heterocycles. The fourth-order valence-corrected chi connectivity index (χ4v) is 3.19. The lowest BCUT2D eigenvalue weighted by Crippen LogP contribution is -2.31. The van der Waals surface area contributed by atoms with Crippen LogP contribution in [0.2, 0.25) is 0 Å². The van der Waals surface area contributed by atoms with Crippen LogP contribution in [0.4, 0.5) is 30.7 Å². The van der Waals surface area contributed by atoms with E-state index in [9.17, 15) is 40.3 Å². The number of rotatable bonds is 6. The summed E-state index contributed by atoms with van der Waals surface area (Å²) in [5, 5.41) is 0. The summed E-state index contributed by atoms with van der Waals surface area (Å²) < 4.78 is 105. The summed E-state index contributed by atoms with van der Waals surface area (Å²) in [4.78, 5) is 23.6. The first-order valence-electron chi connectivity index (χ1n) is 10.4. The van der Waals surface area contributed by atoms with Gasteiger partial charge in [0, 0.05) is 11.1 Å². The van der Waals surface area contributed by atoms with Crippen LogP contribution in [0.25, 0.3) is 22.3 Å². The molecule has 3 aromatic carbocycles. The highest BCUT2D eigenvalue weighted by molar-refractivity contribution is 5.91. The summed E-state index contributed by atoms with van der Waals surface area (Å²) >= 11 is 0. The van der Waals surface area contributed by atoms with Crippen LogP contribution >= 0.6 is 0 Å². The van der Waals surface area contributed by atoms with Gasteiger partial charge in [-0.3, -0.25) is 0 Å². The minimum absolute atomic E-state index is 0.0326. The minimum Gasteiger partial charge on any atom is -0.462 e. The van der Waals surface area contributed by atoms with Gasteiger partial charge in [0.25, 0.3) is 0 Å². The number of alkyl halides is 3. The number of carbonyl (C=O) groups is 2. The van der Waals surface area contributed by atoms with Gasteiger partial charge in [0.1, 0.15) is 0 Å². The minimum atomic E-state index is -4.88. The molecular weight excluding hydrogens is 497 g/mol. The van der Waals surface area contributed by atoms with Crippen LogP contribution in [0.15, 0.2) is 48.5 Å². The average Bonchev–Trinajstić information content (AvgIpc) is 2.82. The van der Waals surface area contributed by atoms with Gasteiger partial charge in [-0.2, -0.15) is 13.2 Å². The number of hydrogen-bond acceptors (Lipinski definition) is 4. The number of benzene rings is 3. The van der Waals surface area contributed by atoms with Crippen LogP contribution in [0, 0.1) is 23.3 Å². The zero-order chi connectivity index (χ0) is 26.8. The predicted octanol–water partition coefficient (Wildman–Crippen LogP) is 6.86. The van der Waals surface area contributed by atoms with Crippen LogP contribution in [-0.2, 0) is 9.47 Å². The Kier molecular flexibility index (Phi) is 7.71. The lowest BCUT2D eigenvalue weighted by molar-refractivity contribution is -0.198. The Morgan fingerprint density at radius 3 is 1.53 bits per heavy atom. The molecule has 3 aromatic rings. The molecule has 4 nitrogen and oxygen atoms in total. The molecule has 190 valence electrons. The Morgan fingerprint density at radius 1 is 0.722 bits per heavy atom. The van der Waals surface area contributed by atoms with E-state index in [1.165, 1.54) is 31.2 Å². The van der Waals surface area contributed by atoms with E-state index >= 15 is 0 Å². The number of hydrogen-bond donors (Lipinski definition) is 0. The van der Waals surface area contributed by atoms with Gasteiger partial charge < -0.3 is 9.47 Å². The molecule has 0 aliphatic heterocycles. The Labute approximate surface area is 200 Å². The number of halogens is 7. The Morgan fingerprint density at radius 2 is 1.14 bits per heavy atom. The Hall–Kier alpha value is -3.89. The van der Waals surface area contributed by atoms with E-state index in [1.807, 2.05) is 0 Å². The van der Waals surface area contributed by atoms with Gasteiger partial charge in [-0.15, -0.1) is 0 Å². The van der Waals surface area contributed by atoms with E-state index in [4.69, 9.17) is 0 Å². The molecule has 0 unspecified atom stereocenters. The van der Waals surface area contributed by atoms with Crippen molar-refractivity contribution >= 4 is 11.9 Å². The lowest BCUT2D eigenvalue weighted by Gasteiger charge is -2.17. The first-order valence-corrected chi connectivity index (χ1v) is 10.4. The summed E-state index contributed by atoms with van der Waals surface area (Å²) in [5.41, 5.74) is -1.95. The standard InChI is InChI=1S/C25H17F7O4/c1-3-35-23(33)17-10-8-15(19(26)21(17)28)13-4-6-14(7-5-13)16-9-11-18(22(29)20(16)27)24(34)36-12(2)25(30,31)32/h4-12H,3H2,1-2H3/t12-/m0/s1. The molecule has 0 saturated heterocycles. The molecule has 0 saturated carbocycles. The zero-order valence-corrected chi connectivity index (χ0v) is 18.7. The molecular formula is C25H17F7O4. The fourth-order valence-electron chi connectivity index (χ4n) is 3.19. The molecule has 3 rings (SSSR count). The molecule has 0 spiro atoms. The van der Waals surface area contributed by atoms with Crippen LogP contribution in [-0.4, -0.2) is 30.8 Å². The van der Waals surface area contributed by atoms with Crippen molar-refractivity contribution in [2.24, 2.45) is 0 Å². The van der Waals surface area contributed by atoms with E-state index in [2.05, 4.69) is 9.47 Å². The molecule has 0 bridgehead atoms. The first-order chi connectivity index (χ1) is 16.9. The van der Waals surface area contributed by atoms with Crippen molar-refractivity contribution in [3.8, 4) is 22.3 Å². The first kappa shape index (κ1) is 26.7. The van der Waals surface area contributed by atoms with E-state index in [0.29, 0.717) is 6.92 Å². The van der Waals surface area contributed by atoms with Gasteiger partial charge >= 0.3 is 18.1 Å². The quantitative estimate of drug-likeness (QED) is 0.266. The summed E-state index contributed by atoms with van der Waals surface area (Å²) in [6.45, 7) is 2.01. The topological polar surface area (TPSA) is 52.6 Å². The summed E-state index contributed by atoms with van der Waals surface area (Å²) in [7, 11) is 0. The van der Waals surface area contributed by atoms with E-state index in [-0.39, 0.29) is 28.9 Å².